The number of hydrogen-bond acceptors (Lipinski definition) is 2. The predicted octanol–water partition coefficient (Wildman–Crippen LogP) is 0.630. The fourth-order valence-electron chi connectivity index (χ4n) is 1.33. The van der Waals surface area contributed by atoms with E-state index in [1.807, 2.05) is 29.2 Å². The number of nitrogens with zero attached hydrogens (tertiary/aromatic N) is 3. The standard InChI is InChI=1S/C10H11N3O/c1-12-7-9(3-4-10(12)14)8-13-6-2-5-11-13/h2-7H,8H2,1H3. The molecule has 0 atom stereocenters. The van der Waals surface area contributed by atoms with Crippen LogP contribution in [0.3, 0.4) is 0 Å². The van der Waals surface area contributed by atoms with Crippen LogP contribution >= 0.6 is 0 Å². The molecule has 14 heavy (non-hydrogen) atoms. The van der Waals surface area contributed by atoms with Gasteiger partial charge in [-0.2, -0.15) is 5.10 Å². The van der Waals surface area contributed by atoms with E-state index >= 15 is 0 Å². The Morgan fingerprint density at radius 2 is 2.29 bits per heavy atom. The molecule has 2 aromatic rings. The minimum atomic E-state index is 0.00853. The van der Waals surface area contributed by atoms with Crippen molar-refractivity contribution in [2.45, 2.75) is 6.54 Å². The second-order valence-electron chi connectivity index (χ2n) is 3.19. The molecule has 4 nitrogen and oxygen atoms in total. The topological polar surface area (TPSA) is 39.8 Å². The normalized spacial score (nSPS) is 10.4. The van der Waals surface area contributed by atoms with Gasteiger partial charge >= 0.3 is 0 Å². The molecule has 2 aromatic heterocycles. The van der Waals surface area contributed by atoms with Crippen LogP contribution in [-0.2, 0) is 13.6 Å². The minimum absolute atomic E-state index is 0.00853. The zero-order chi connectivity index (χ0) is 9.97. The van der Waals surface area contributed by atoms with E-state index in [2.05, 4.69) is 5.10 Å². The van der Waals surface area contributed by atoms with E-state index in [9.17, 15) is 4.79 Å². The molecule has 0 unspecified atom stereocenters. The van der Waals surface area contributed by atoms with Gasteiger partial charge in [-0.25, -0.2) is 0 Å². The molecule has 0 aliphatic heterocycles. The van der Waals surface area contributed by atoms with E-state index < -0.39 is 0 Å². The SMILES string of the molecule is Cn1cc(Cn2cccn2)ccc1=O. The predicted molar refractivity (Wildman–Crippen MR) is 53.0 cm³/mol. The molecule has 4 heteroatoms. The van der Waals surface area contributed by atoms with Gasteiger partial charge in [-0.05, 0) is 11.6 Å². The molecule has 0 radical (unpaired) electrons. The molecular formula is C10H11N3O. The van der Waals surface area contributed by atoms with Crippen molar-refractivity contribution < 1.29 is 0 Å². The molecule has 0 bridgehead atoms. The maximum atomic E-state index is 11.1. The smallest absolute Gasteiger partial charge is 0.250 e. The van der Waals surface area contributed by atoms with E-state index in [0.717, 1.165) is 5.56 Å². The summed E-state index contributed by atoms with van der Waals surface area (Å²) in [7, 11) is 1.74. The second-order valence-corrected chi connectivity index (χ2v) is 3.19. The highest BCUT2D eigenvalue weighted by Gasteiger charge is 1.96. The van der Waals surface area contributed by atoms with Crippen molar-refractivity contribution in [3.8, 4) is 0 Å². The third-order valence-electron chi connectivity index (χ3n) is 2.05. The van der Waals surface area contributed by atoms with Crippen molar-refractivity contribution in [1.82, 2.24) is 14.3 Å². The van der Waals surface area contributed by atoms with Crippen LogP contribution in [0.15, 0.2) is 41.6 Å². The molecule has 0 fully saturated rings. The Labute approximate surface area is 81.4 Å². The van der Waals surface area contributed by atoms with E-state index in [0.29, 0.717) is 6.54 Å². The number of hydrogen-bond donors (Lipinski definition) is 0. The summed E-state index contributed by atoms with van der Waals surface area (Å²) in [6.07, 6.45) is 5.46. The maximum Gasteiger partial charge on any atom is 0.250 e. The van der Waals surface area contributed by atoms with E-state index in [4.69, 9.17) is 0 Å². The van der Waals surface area contributed by atoms with Crippen LogP contribution in [0.25, 0.3) is 0 Å². The van der Waals surface area contributed by atoms with Crippen LogP contribution in [0.5, 0.6) is 0 Å². The highest BCUT2D eigenvalue weighted by molar-refractivity contribution is 5.10. The van der Waals surface area contributed by atoms with E-state index in [-0.39, 0.29) is 5.56 Å². The summed E-state index contributed by atoms with van der Waals surface area (Å²) >= 11 is 0. The van der Waals surface area contributed by atoms with Gasteiger partial charge in [0.15, 0.2) is 0 Å². The molecule has 0 aliphatic rings. The second kappa shape index (κ2) is 3.49. The zero-order valence-electron chi connectivity index (χ0n) is 7.92. The Morgan fingerprint density at radius 1 is 1.43 bits per heavy atom. The van der Waals surface area contributed by atoms with Gasteiger partial charge in [0.1, 0.15) is 0 Å². The van der Waals surface area contributed by atoms with Gasteiger partial charge in [0.2, 0.25) is 5.56 Å². The van der Waals surface area contributed by atoms with Crippen LogP contribution in [0.2, 0.25) is 0 Å². The fraction of sp³-hybridized carbons (Fsp3) is 0.200. The van der Waals surface area contributed by atoms with Gasteiger partial charge in [-0.1, -0.05) is 6.07 Å². The highest BCUT2D eigenvalue weighted by Crippen LogP contribution is 1.98. The lowest BCUT2D eigenvalue weighted by molar-refractivity contribution is 0.677. The summed E-state index contributed by atoms with van der Waals surface area (Å²) in [5, 5.41) is 4.09. The fourth-order valence-corrected chi connectivity index (χ4v) is 1.33. The van der Waals surface area contributed by atoms with E-state index in [1.165, 1.54) is 0 Å². The summed E-state index contributed by atoms with van der Waals surface area (Å²) in [4.78, 5) is 11.1. The summed E-state index contributed by atoms with van der Waals surface area (Å²) in [5.74, 6) is 0. The number of rotatable bonds is 2. The third-order valence-corrected chi connectivity index (χ3v) is 2.05. The minimum Gasteiger partial charge on any atom is -0.318 e. The lowest BCUT2D eigenvalue weighted by Gasteiger charge is -2.03. The first-order valence-corrected chi connectivity index (χ1v) is 4.39. The van der Waals surface area contributed by atoms with Crippen LogP contribution in [0.4, 0.5) is 0 Å². The lowest BCUT2D eigenvalue weighted by atomic mass is 10.3. The Balaban J connectivity index is 2.26. The van der Waals surface area contributed by atoms with Crippen molar-refractivity contribution in [2.75, 3.05) is 0 Å². The summed E-state index contributed by atoms with van der Waals surface area (Å²) < 4.78 is 3.39. The van der Waals surface area contributed by atoms with Crippen molar-refractivity contribution >= 4 is 0 Å². The molecular weight excluding hydrogens is 178 g/mol. The molecule has 0 amide bonds. The first-order chi connectivity index (χ1) is 6.75. The maximum absolute atomic E-state index is 11.1. The highest BCUT2D eigenvalue weighted by atomic mass is 16.1. The average molecular weight is 189 g/mol. The van der Waals surface area contributed by atoms with Crippen LogP contribution in [-0.4, -0.2) is 14.3 Å². The molecule has 72 valence electrons. The molecule has 0 spiro atoms. The molecule has 0 saturated carbocycles. The number of aromatic nitrogens is 3. The van der Waals surface area contributed by atoms with Crippen molar-refractivity contribution in [2.24, 2.45) is 7.05 Å². The molecule has 0 aliphatic carbocycles. The summed E-state index contributed by atoms with van der Waals surface area (Å²) in [5.41, 5.74) is 1.07. The lowest BCUT2D eigenvalue weighted by Crippen LogP contribution is -2.15. The molecule has 0 saturated heterocycles. The van der Waals surface area contributed by atoms with Gasteiger partial charge < -0.3 is 4.57 Å². The van der Waals surface area contributed by atoms with Crippen LogP contribution in [0, 0.1) is 0 Å². The van der Waals surface area contributed by atoms with Crippen LogP contribution < -0.4 is 5.56 Å². The summed E-state index contributed by atoms with van der Waals surface area (Å²) in [6, 6.07) is 5.27. The summed E-state index contributed by atoms with van der Waals surface area (Å²) in [6.45, 7) is 0.696. The largest absolute Gasteiger partial charge is 0.318 e. The van der Waals surface area contributed by atoms with Gasteiger partial charge in [0.05, 0.1) is 6.54 Å². The monoisotopic (exact) mass is 189 g/mol. The number of aryl methyl sites for hydroxylation is 1. The van der Waals surface area contributed by atoms with Gasteiger partial charge in [0.25, 0.3) is 0 Å². The first-order valence-electron chi connectivity index (χ1n) is 4.39. The van der Waals surface area contributed by atoms with E-state index in [1.54, 1.807) is 23.9 Å². The van der Waals surface area contributed by atoms with Crippen molar-refractivity contribution in [1.29, 1.82) is 0 Å². The third kappa shape index (κ3) is 1.74. The number of pyridine rings is 1. The van der Waals surface area contributed by atoms with Gasteiger partial charge in [-0.15, -0.1) is 0 Å². The van der Waals surface area contributed by atoms with Crippen LogP contribution in [0.1, 0.15) is 5.56 Å². The molecule has 0 N–H and O–H groups in total. The molecule has 2 rings (SSSR count). The zero-order valence-corrected chi connectivity index (χ0v) is 7.92. The Bertz CT molecular complexity index is 470. The van der Waals surface area contributed by atoms with Crippen molar-refractivity contribution in [3.05, 3.63) is 52.7 Å². The van der Waals surface area contributed by atoms with Gasteiger partial charge in [0, 0.05) is 31.7 Å². The molecule has 0 aromatic carbocycles. The molecule has 2 heterocycles. The Hall–Kier alpha value is -1.84. The Morgan fingerprint density at radius 3 is 2.93 bits per heavy atom. The first kappa shape index (κ1) is 8.74. The Kier molecular flexibility index (Phi) is 2.18. The quantitative estimate of drug-likeness (QED) is 0.695. The average Bonchev–Trinajstić information content (AvgIpc) is 2.64. The van der Waals surface area contributed by atoms with Crippen molar-refractivity contribution in [3.63, 3.8) is 0 Å². The van der Waals surface area contributed by atoms with Gasteiger partial charge in [-0.3, -0.25) is 9.48 Å².